The third-order valence-electron chi connectivity index (χ3n) is 3.71. The average molecular weight is 377 g/mol. The van der Waals surface area contributed by atoms with E-state index in [1.807, 2.05) is 39.8 Å². The number of hydrogen-bond acceptors (Lipinski definition) is 3. The van der Waals surface area contributed by atoms with Crippen molar-refractivity contribution in [3.8, 4) is 11.3 Å². The molecule has 1 heterocycles. The minimum atomic E-state index is -4.38. The highest BCUT2D eigenvalue weighted by Crippen LogP contribution is 2.34. The first-order chi connectivity index (χ1) is 12.8. The van der Waals surface area contributed by atoms with Crippen LogP contribution < -0.4 is 5.73 Å². The molecule has 0 atom stereocenters. The van der Waals surface area contributed by atoms with Crippen LogP contribution in [0.5, 0.6) is 0 Å². The molecule has 0 saturated heterocycles. The Hall–Kier alpha value is -2.47. The molecule has 0 radical (unpaired) electrons. The third-order valence-corrected chi connectivity index (χ3v) is 3.71. The molecule has 2 N–H and O–H groups in total. The maximum absolute atomic E-state index is 13.0. The molecule has 3 aromatic rings. The van der Waals surface area contributed by atoms with E-state index >= 15 is 0 Å². The molecule has 0 aliphatic rings. The largest absolute Gasteiger partial charge is 0.416 e. The fraction of sp³-hybridized carbons (Fsp3) is 0.333. The first kappa shape index (κ1) is 22.6. The molecular formula is C21H26F3N3. The summed E-state index contributed by atoms with van der Waals surface area (Å²) < 4.78 is 38.9. The molecule has 0 bridgehead atoms. The number of halogens is 3. The number of aromatic nitrogens is 2. The molecule has 0 fully saturated rings. The van der Waals surface area contributed by atoms with E-state index in [1.165, 1.54) is 13.1 Å². The number of aryl methyl sites for hydroxylation is 3. The Morgan fingerprint density at radius 3 is 2.11 bits per heavy atom. The number of rotatable bonds is 1. The Morgan fingerprint density at radius 1 is 0.889 bits per heavy atom. The molecule has 3 nitrogen and oxygen atoms in total. The van der Waals surface area contributed by atoms with Gasteiger partial charge >= 0.3 is 6.18 Å². The SMILES string of the molecule is CC.CN.Cc1cc(C)c2nc(C)nc(-c3cccc(C(F)(F)F)c3)c2c1. The van der Waals surface area contributed by atoms with E-state index < -0.39 is 11.7 Å². The van der Waals surface area contributed by atoms with Crippen LogP contribution in [0, 0.1) is 20.8 Å². The first-order valence-corrected chi connectivity index (χ1v) is 8.76. The summed E-state index contributed by atoms with van der Waals surface area (Å²) in [5.74, 6) is 0.539. The molecule has 0 unspecified atom stereocenters. The molecular weight excluding hydrogens is 351 g/mol. The summed E-state index contributed by atoms with van der Waals surface area (Å²) in [5.41, 5.74) is 7.58. The lowest BCUT2D eigenvalue weighted by Crippen LogP contribution is -2.05. The van der Waals surface area contributed by atoms with Crippen molar-refractivity contribution in [1.29, 1.82) is 0 Å². The van der Waals surface area contributed by atoms with Crippen LogP contribution >= 0.6 is 0 Å². The Morgan fingerprint density at radius 2 is 1.52 bits per heavy atom. The van der Waals surface area contributed by atoms with Gasteiger partial charge in [-0.15, -0.1) is 0 Å². The van der Waals surface area contributed by atoms with E-state index in [1.54, 1.807) is 13.0 Å². The molecule has 146 valence electrons. The lowest BCUT2D eigenvalue weighted by atomic mass is 10.0. The van der Waals surface area contributed by atoms with E-state index in [0.29, 0.717) is 17.1 Å². The Kier molecular flexibility index (Phi) is 7.91. The highest BCUT2D eigenvalue weighted by atomic mass is 19.4. The number of nitrogens with zero attached hydrogens (tertiary/aromatic N) is 2. The van der Waals surface area contributed by atoms with Crippen molar-refractivity contribution in [2.24, 2.45) is 5.73 Å². The number of benzene rings is 2. The normalized spacial score (nSPS) is 10.6. The Balaban J connectivity index is 0.000000855. The zero-order chi connectivity index (χ0) is 20.8. The lowest BCUT2D eigenvalue weighted by Gasteiger charge is -2.12. The van der Waals surface area contributed by atoms with Gasteiger partial charge in [-0.1, -0.05) is 37.6 Å². The number of fused-ring (bicyclic) bond motifs is 1. The summed E-state index contributed by atoms with van der Waals surface area (Å²) in [6, 6.07) is 9.18. The zero-order valence-corrected chi connectivity index (χ0v) is 16.6. The molecule has 2 aromatic carbocycles. The molecule has 6 heteroatoms. The van der Waals surface area contributed by atoms with Crippen LogP contribution in [0.3, 0.4) is 0 Å². The van der Waals surface area contributed by atoms with Gasteiger partial charge < -0.3 is 5.73 Å². The first-order valence-electron chi connectivity index (χ1n) is 8.76. The molecule has 0 aliphatic heterocycles. The van der Waals surface area contributed by atoms with Crippen LogP contribution in [0.2, 0.25) is 0 Å². The van der Waals surface area contributed by atoms with E-state index in [4.69, 9.17) is 0 Å². The molecule has 0 aliphatic carbocycles. The van der Waals surface area contributed by atoms with Crippen LogP contribution in [0.25, 0.3) is 22.2 Å². The quantitative estimate of drug-likeness (QED) is 0.579. The van der Waals surface area contributed by atoms with Crippen molar-refractivity contribution in [1.82, 2.24) is 9.97 Å². The smallest absolute Gasteiger partial charge is 0.333 e. The zero-order valence-electron chi connectivity index (χ0n) is 16.6. The molecule has 3 rings (SSSR count). The van der Waals surface area contributed by atoms with Crippen molar-refractivity contribution in [3.63, 3.8) is 0 Å². The average Bonchev–Trinajstić information content (AvgIpc) is 2.64. The number of hydrogen-bond donors (Lipinski definition) is 1. The summed E-state index contributed by atoms with van der Waals surface area (Å²) in [5, 5.41) is 0.771. The van der Waals surface area contributed by atoms with Crippen LogP contribution in [0.1, 0.15) is 36.4 Å². The van der Waals surface area contributed by atoms with Crippen LogP contribution in [0.15, 0.2) is 36.4 Å². The van der Waals surface area contributed by atoms with Gasteiger partial charge in [0.05, 0.1) is 16.8 Å². The summed E-state index contributed by atoms with van der Waals surface area (Å²) in [7, 11) is 1.50. The summed E-state index contributed by atoms with van der Waals surface area (Å²) >= 11 is 0. The number of alkyl halides is 3. The van der Waals surface area contributed by atoms with Crippen LogP contribution in [-0.2, 0) is 6.18 Å². The van der Waals surface area contributed by atoms with Gasteiger partial charge in [0.15, 0.2) is 0 Å². The molecule has 0 amide bonds. The van der Waals surface area contributed by atoms with Gasteiger partial charge in [-0.05, 0) is 51.6 Å². The van der Waals surface area contributed by atoms with Gasteiger partial charge in [0.2, 0.25) is 0 Å². The van der Waals surface area contributed by atoms with Crippen molar-refractivity contribution < 1.29 is 13.2 Å². The third kappa shape index (κ3) is 5.26. The second-order valence-electron chi connectivity index (χ2n) is 5.68. The standard InChI is InChI=1S/C18H15F3N2.C2H6.CH5N/c1-10-7-11(2)16-15(8-10)17(23-12(3)22-16)13-5-4-6-14(9-13)18(19,20)21;2*1-2/h4-9H,1-3H3;1-2H3;2H2,1H3. The van der Waals surface area contributed by atoms with Crippen LogP contribution in [-0.4, -0.2) is 17.0 Å². The van der Waals surface area contributed by atoms with Gasteiger partial charge in [0, 0.05) is 10.9 Å². The van der Waals surface area contributed by atoms with Gasteiger partial charge in [0.25, 0.3) is 0 Å². The highest BCUT2D eigenvalue weighted by molar-refractivity contribution is 5.94. The predicted octanol–water partition coefficient (Wildman–Crippen LogP) is 5.84. The van der Waals surface area contributed by atoms with Crippen molar-refractivity contribution in [3.05, 3.63) is 58.9 Å². The molecule has 0 saturated carbocycles. The Labute approximate surface area is 158 Å². The van der Waals surface area contributed by atoms with Crippen molar-refractivity contribution in [2.45, 2.75) is 40.8 Å². The fourth-order valence-corrected chi connectivity index (χ4v) is 2.76. The minimum absolute atomic E-state index is 0.445. The summed E-state index contributed by atoms with van der Waals surface area (Å²) in [6.45, 7) is 9.63. The minimum Gasteiger partial charge on any atom is -0.333 e. The summed E-state index contributed by atoms with van der Waals surface area (Å²) in [6.07, 6.45) is -4.38. The molecule has 1 aromatic heterocycles. The van der Waals surface area contributed by atoms with Gasteiger partial charge in [-0.25, -0.2) is 9.97 Å². The van der Waals surface area contributed by atoms with Gasteiger partial charge in [0.1, 0.15) is 5.82 Å². The molecule has 0 spiro atoms. The highest BCUT2D eigenvalue weighted by Gasteiger charge is 2.30. The molecule has 27 heavy (non-hydrogen) atoms. The summed E-state index contributed by atoms with van der Waals surface area (Å²) in [4.78, 5) is 8.84. The van der Waals surface area contributed by atoms with E-state index in [-0.39, 0.29) is 0 Å². The number of nitrogens with two attached hydrogens (primary N) is 1. The van der Waals surface area contributed by atoms with Gasteiger partial charge in [-0.3, -0.25) is 0 Å². The second kappa shape index (κ2) is 9.46. The lowest BCUT2D eigenvalue weighted by molar-refractivity contribution is -0.137. The van der Waals surface area contributed by atoms with E-state index in [0.717, 1.165) is 34.2 Å². The van der Waals surface area contributed by atoms with Crippen molar-refractivity contribution in [2.75, 3.05) is 7.05 Å². The van der Waals surface area contributed by atoms with Gasteiger partial charge in [-0.2, -0.15) is 13.2 Å². The maximum atomic E-state index is 13.0. The predicted molar refractivity (Wildman–Crippen MR) is 106 cm³/mol. The maximum Gasteiger partial charge on any atom is 0.416 e. The topological polar surface area (TPSA) is 51.8 Å². The van der Waals surface area contributed by atoms with E-state index in [9.17, 15) is 13.2 Å². The Bertz CT molecular complexity index is 903. The monoisotopic (exact) mass is 377 g/mol. The van der Waals surface area contributed by atoms with Crippen LogP contribution in [0.4, 0.5) is 13.2 Å². The van der Waals surface area contributed by atoms with E-state index in [2.05, 4.69) is 15.7 Å². The van der Waals surface area contributed by atoms with Crippen molar-refractivity contribution >= 4 is 10.9 Å². The second-order valence-corrected chi connectivity index (χ2v) is 5.68. The fourth-order valence-electron chi connectivity index (χ4n) is 2.76.